The van der Waals surface area contributed by atoms with Gasteiger partial charge in [-0.05, 0) is 24.6 Å². The van der Waals surface area contributed by atoms with Gasteiger partial charge in [-0.15, -0.1) is 0 Å². The van der Waals surface area contributed by atoms with Crippen molar-refractivity contribution in [2.24, 2.45) is 0 Å². The number of hydrogen-bond acceptors (Lipinski definition) is 5. The number of benzene rings is 2. The SMILES string of the molecule is CNc1ccc([N+](=O)[O-])cc1C(=O)N(C)CCOc1ccccc1C. The molecule has 0 saturated carbocycles. The van der Waals surface area contributed by atoms with Gasteiger partial charge in [0.1, 0.15) is 12.4 Å². The van der Waals surface area contributed by atoms with Gasteiger partial charge in [-0.1, -0.05) is 18.2 Å². The van der Waals surface area contributed by atoms with Crippen LogP contribution in [0.4, 0.5) is 11.4 Å². The highest BCUT2D eigenvalue weighted by Gasteiger charge is 2.19. The molecule has 132 valence electrons. The van der Waals surface area contributed by atoms with Crippen molar-refractivity contribution in [2.45, 2.75) is 6.92 Å². The lowest BCUT2D eigenvalue weighted by atomic mass is 10.1. The Morgan fingerprint density at radius 1 is 1.28 bits per heavy atom. The van der Waals surface area contributed by atoms with Crippen LogP contribution in [0.15, 0.2) is 42.5 Å². The molecule has 0 atom stereocenters. The zero-order valence-corrected chi connectivity index (χ0v) is 14.5. The number of aryl methyl sites for hydroxylation is 1. The van der Waals surface area contributed by atoms with Crippen LogP contribution in [0.5, 0.6) is 5.75 Å². The van der Waals surface area contributed by atoms with E-state index in [1.165, 1.54) is 23.1 Å². The lowest BCUT2D eigenvalue weighted by molar-refractivity contribution is -0.384. The largest absolute Gasteiger partial charge is 0.491 e. The van der Waals surface area contributed by atoms with Crippen LogP contribution in [-0.2, 0) is 0 Å². The standard InChI is InChI=1S/C18H21N3O4/c1-13-6-4-5-7-17(13)25-11-10-20(3)18(22)15-12-14(21(23)24)8-9-16(15)19-2/h4-9,12,19H,10-11H2,1-3H3. The molecule has 2 rings (SSSR count). The molecule has 0 aliphatic heterocycles. The van der Waals surface area contributed by atoms with E-state index in [0.29, 0.717) is 18.8 Å². The fourth-order valence-corrected chi connectivity index (χ4v) is 2.36. The number of non-ortho nitro benzene ring substituents is 1. The summed E-state index contributed by atoms with van der Waals surface area (Å²) >= 11 is 0. The highest BCUT2D eigenvalue weighted by Crippen LogP contribution is 2.23. The number of nitrogens with zero attached hydrogens (tertiary/aromatic N) is 2. The van der Waals surface area contributed by atoms with Gasteiger partial charge < -0.3 is 15.0 Å². The summed E-state index contributed by atoms with van der Waals surface area (Å²) in [6.45, 7) is 2.64. The van der Waals surface area contributed by atoms with Gasteiger partial charge >= 0.3 is 0 Å². The summed E-state index contributed by atoms with van der Waals surface area (Å²) in [4.78, 5) is 24.5. The molecule has 1 N–H and O–H groups in total. The Morgan fingerprint density at radius 2 is 2.00 bits per heavy atom. The van der Waals surface area contributed by atoms with Crippen molar-refractivity contribution in [1.29, 1.82) is 0 Å². The van der Waals surface area contributed by atoms with Crippen LogP contribution in [0, 0.1) is 17.0 Å². The first-order valence-corrected chi connectivity index (χ1v) is 7.84. The third-order valence-electron chi connectivity index (χ3n) is 3.84. The Bertz CT molecular complexity index is 777. The first-order chi connectivity index (χ1) is 11.9. The number of anilines is 1. The van der Waals surface area contributed by atoms with Crippen LogP contribution >= 0.6 is 0 Å². The number of carbonyl (C=O) groups is 1. The van der Waals surface area contributed by atoms with E-state index in [-0.39, 0.29) is 17.2 Å². The monoisotopic (exact) mass is 343 g/mol. The molecule has 0 spiro atoms. The summed E-state index contributed by atoms with van der Waals surface area (Å²) in [6.07, 6.45) is 0. The number of nitro benzene ring substituents is 1. The molecule has 0 unspecified atom stereocenters. The molecule has 0 radical (unpaired) electrons. The normalized spacial score (nSPS) is 10.2. The molecule has 1 amide bonds. The zero-order valence-electron chi connectivity index (χ0n) is 14.5. The van der Waals surface area contributed by atoms with Crippen molar-refractivity contribution >= 4 is 17.3 Å². The van der Waals surface area contributed by atoms with Crippen LogP contribution in [0.3, 0.4) is 0 Å². The molecule has 0 saturated heterocycles. The minimum absolute atomic E-state index is 0.119. The van der Waals surface area contributed by atoms with E-state index in [0.717, 1.165) is 11.3 Å². The first kappa shape index (κ1) is 18.3. The van der Waals surface area contributed by atoms with Crippen LogP contribution in [-0.4, -0.2) is 43.0 Å². The number of nitro groups is 1. The second-order valence-corrected chi connectivity index (χ2v) is 5.58. The smallest absolute Gasteiger partial charge is 0.270 e. The topological polar surface area (TPSA) is 84.7 Å². The summed E-state index contributed by atoms with van der Waals surface area (Å²) in [6, 6.07) is 11.8. The second kappa shape index (κ2) is 8.14. The highest BCUT2D eigenvalue weighted by atomic mass is 16.6. The molecular weight excluding hydrogens is 322 g/mol. The van der Waals surface area contributed by atoms with Gasteiger partial charge in [0, 0.05) is 31.9 Å². The number of ether oxygens (including phenoxy) is 1. The van der Waals surface area contributed by atoms with Crippen molar-refractivity contribution < 1.29 is 14.5 Å². The number of likely N-dealkylation sites (N-methyl/N-ethyl adjacent to an activating group) is 1. The minimum atomic E-state index is -0.516. The Morgan fingerprint density at radius 3 is 2.64 bits per heavy atom. The Balaban J connectivity index is 2.05. The number of hydrogen-bond donors (Lipinski definition) is 1. The average molecular weight is 343 g/mol. The summed E-state index contributed by atoms with van der Waals surface area (Å²) in [5.41, 5.74) is 1.71. The van der Waals surface area contributed by atoms with Gasteiger partial charge in [-0.2, -0.15) is 0 Å². The quantitative estimate of drug-likeness (QED) is 0.617. The van der Waals surface area contributed by atoms with Gasteiger partial charge in [0.15, 0.2) is 0 Å². The summed E-state index contributed by atoms with van der Waals surface area (Å²) in [5.74, 6) is 0.469. The van der Waals surface area contributed by atoms with Crippen LogP contribution in [0.1, 0.15) is 15.9 Å². The predicted octanol–water partition coefficient (Wildman–Crippen LogP) is 3.10. The Labute approximate surface area is 146 Å². The van der Waals surface area contributed by atoms with E-state index >= 15 is 0 Å². The Hall–Kier alpha value is -3.09. The van der Waals surface area contributed by atoms with Gasteiger partial charge in [0.05, 0.1) is 17.0 Å². The molecule has 0 aliphatic carbocycles. The van der Waals surface area contributed by atoms with E-state index < -0.39 is 4.92 Å². The number of nitrogens with one attached hydrogen (secondary N) is 1. The van der Waals surface area contributed by atoms with E-state index in [2.05, 4.69) is 5.32 Å². The number of para-hydroxylation sites is 1. The summed E-state index contributed by atoms with van der Waals surface area (Å²) in [7, 11) is 3.31. The van der Waals surface area contributed by atoms with Gasteiger partial charge in [0.2, 0.25) is 0 Å². The summed E-state index contributed by atoms with van der Waals surface area (Å²) < 4.78 is 5.69. The van der Waals surface area contributed by atoms with Crippen LogP contribution in [0.2, 0.25) is 0 Å². The maximum Gasteiger partial charge on any atom is 0.270 e. The molecule has 0 bridgehead atoms. The fraction of sp³-hybridized carbons (Fsp3) is 0.278. The fourth-order valence-electron chi connectivity index (χ4n) is 2.36. The molecule has 2 aromatic rings. The van der Waals surface area contributed by atoms with E-state index in [1.807, 2.05) is 31.2 Å². The minimum Gasteiger partial charge on any atom is -0.491 e. The second-order valence-electron chi connectivity index (χ2n) is 5.58. The van der Waals surface area contributed by atoms with E-state index in [9.17, 15) is 14.9 Å². The molecule has 0 aromatic heterocycles. The molecule has 25 heavy (non-hydrogen) atoms. The van der Waals surface area contributed by atoms with Crippen molar-refractivity contribution in [2.75, 3.05) is 32.6 Å². The van der Waals surface area contributed by atoms with E-state index in [1.54, 1.807) is 14.1 Å². The average Bonchev–Trinajstić information content (AvgIpc) is 2.61. The van der Waals surface area contributed by atoms with E-state index in [4.69, 9.17) is 4.74 Å². The van der Waals surface area contributed by atoms with Crippen LogP contribution in [0.25, 0.3) is 0 Å². The lowest BCUT2D eigenvalue weighted by Gasteiger charge is -2.19. The molecule has 0 aliphatic rings. The van der Waals surface area contributed by atoms with Crippen molar-refractivity contribution in [3.05, 3.63) is 63.7 Å². The van der Waals surface area contributed by atoms with Gasteiger partial charge in [-0.3, -0.25) is 14.9 Å². The zero-order chi connectivity index (χ0) is 18.4. The third kappa shape index (κ3) is 4.47. The maximum atomic E-state index is 12.6. The molecule has 7 nitrogen and oxygen atoms in total. The van der Waals surface area contributed by atoms with Crippen molar-refractivity contribution in [3.63, 3.8) is 0 Å². The highest BCUT2D eigenvalue weighted by molar-refractivity contribution is 6.00. The number of amides is 1. The third-order valence-corrected chi connectivity index (χ3v) is 3.84. The van der Waals surface area contributed by atoms with Crippen molar-refractivity contribution in [1.82, 2.24) is 4.90 Å². The van der Waals surface area contributed by atoms with Gasteiger partial charge in [-0.25, -0.2) is 0 Å². The number of carbonyl (C=O) groups excluding carboxylic acids is 1. The molecule has 0 heterocycles. The molecule has 7 heteroatoms. The van der Waals surface area contributed by atoms with Crippen LogP contribution < -0.4 is 10.1 Å². The molecule has 2 aromatic carbocycles. The predicted molar refractivity (Wildman–Crippen MR) is 96.3 cm³/mol. The van der Waals surface area contributed by atoms with Crippen molar-refractivity contribution in [3.8, 4) is 5.75 Å². The lowest BCUT2D eigenvalue weighted by Crippen LogP contribution is -2.31. The van der Waals surface area contributed by atoms with Gasteiger partial charge in [0.25, 0.3) is 11.6 Å². The molecule has 0 fully saturated rings. The first-order valence-electron chi connectivity index (χ1n) is 7.84. The molecular formula is C18H21N3O4. The Kier molecular flexibility index (Phi) is 5.94. The maximum absolute atomic E-state index is 12.6. The number of rotatable bonds is 7. The summed E-state index contributed by atoms with van der Waals surface area (Å²) in [5, 5.41) is 13.8.